The van der Waals surface area contributed by atoms with Crippen LogP contribution in [0.5, 0.6) is 0 Å². The first-order valence-electron chi connectivity index (χ1n) is 36.8. The predicted octanol–water partition coefficient (Wildman–Crippen LogP) is 20.3. The van der Waals surface area contributed by atoms with Crippen LogP contribution in [-0.2, 0) is 65.4 Å². The van der Waals surface area contributed by atoms with Gasteiger partial charge in [0.15, 0.2) is 12.2 Å². The highest BCUT2D eigenvalue weighted by atomic mass is 31.2. The number of carbonyl (C=O) groups is 4. The average Bonchev–Trinajstić information content (AvgIpc) is 3.73. The fraction of sp³-hybridized carbons (Fsp3) is 0.943. The van der Waals surface area contributed by atoms with Gasteiger partial charge in [-0.3, -0.25) is 37.3 Å². The van der Waals surface area contributed by atoms with Gasteiger partial charge in [0.2, 0.25) is 0 Å². The van der Waals surface area contributed by atoms with E-state index in [9.17, 15) is 43.2 Å². The van der Waals surface area contributed by atoms with Crippen molar-refractivity contribution in [2.75, 3.05) is 39.6 Å². The summed E-state index contributed by atoms with van der Waals surface area (Å²) in [5.74, 6) is -2.12. The van der Waals surface area contributed by atoms with E-state index in [4.69, 9.17) is 37.0 Å². The first-order valence-corrected chi connectivity index (χ1v) is 39.8. The molecule has 0 aliphatic heterocycles. The van der Waals surface area contributed by atoms with Gasteiger partial charge in [0.1, 0.15) is 19.3 Å². The minimum atomic E-state index is -4.95. The van der Waals surface area contributed by atoms with Gasteiger partial charge in [0.25, 0.3) is 0 Å². The molecule has 0 heterocycles. The molecule has 0 aliphatic rings. The molecule has 0 aromatic carbocycles. The van der Waals surface area contributed by atoms with Crippen molar-refractivity contribution in [3.05, 3.63) is 0 Å². The maximum absolute atomic E-state index is 13.0. The first kappa shape index (κ1) is 87.1. The summed E-state index contributed by atoms with van der Waals surface area (Å²) >= 11 is 0. The molecular formula is C70H136O17P2. The Hall–Kier alpha value is -1.94. The third-order valence-electron chi connectivity index (χ3n) is 16.4. The van der Waals surface area contributed by atoms with E-state index in [0.717, 1.165) is 96.3 Å². The van der Waals surface area contributed by atoms with E-state index in [1.165, 1.54) is 193 Å². The summed E-state index contributed by atoms with van der Waals surface area (Å²) in [7, 11) is -9.89. The molecule has 3 N–H and O–H groups in total. The Balaban J connectivity index is 5.22. The molecule has 0 saturated heterocycles. The van der Waals surface area contributed by atoms with Crippen LogP contribution in [0.25, 0.3) is 0 Å². The quantitative estimate of drug-likeness (QED) is 0.0222. The number of phosphoric ester groups is 2. The first-order chi connectivity index (χ1) is 43.2. The molecule has 0 radical (unpaired) electrons. The van der Waals surface area contributed by atoms with E-state index < -0.39 is 97.5 Å². The Labute approximate surface area is 543 Å². The minimum absolute atomic E-state index is 0.108. The van der Waals surface area contributed by atoms with Gasteiger partial charge in [-0.25, -0.2) is 9.13 Å². The molecule has 0 rings (SSSR count). The number of phosphoric acid groups is 2. The normalized spacial score (nSPS) is 14.0. The molecule has 0 aromatic heterocycles. The monoisotopic (exact) mass is 1310 g/mol. The largest absolute Gasteiger partial charge is 0.472 e. The second-order valence-corrected chi connectivity index (χ2v) is 28.2. The van der Waals surface area contributed by atoms with Crippen molar-refractivity contribution in [2.45, 2.75) is 386 Å². The van der Waals surface area contributed by atoms with Crippen LogP contribution in [0.15, 0.2) is 0 Å². The van der Waals surface area contributed by atoms with E-state index in [-0.39, 0.29) is 25.7 Å². The molecule has 0 spiro atoms. The van der Waals surface area contributed by atoms with Crippen molar-refractivity contribution in [1.29, 1.82) is 0 Å². The van der Waals surface area contributed by atoms with Crippen molar-refractivity contribution < 1.29 is 80.2 Å². The number of rotatable bonds is 71. The number of hydrogen-bond donors (Lipinski definition) is 3. The molecule has 0 saturated carbocycles. The van der Waals surface area contributed by atoms with Crippen LogP contribution in [-0.4, -0.2) is 96.7 Å². The standard InChI is InChI=1S/C70H136O17P2/c1-5-9-13-17-21-25-28-31-32-35-38-41-45-49-53-57-70(75)87-66(61-81-68(73)55-51-47-43-39-36-33-29-26-22-18-14-10-6-2)63-85-89(78,79)83-59-64(71)58-82-88(76,77)84-62-65(60-80-67(72)54-50-46-42-24-20-16-12-8-4)86-69(74)56-52-48-44-40-37-34-30-27-23-19-15-11-7-3/h64-66,71H,5-63H2,1-4H3,(H,76,77)(H,78,79)/t64-,65+,66+/m0/s1. The summed E-state index contributed by atoms with van der Waals surface area (Å²) in [6, 6.07) is 0. The van der Waals surface area contributed by atoms with Crippen molar-refractivity contribution >= 4 is 39.5 Å². The summed E-state index contributed by atoms with van der Waals surface area (Å²) < 4.78 is 68.2. The molecule has 0 aliphatic carbocycles. The highest BCUT2D eigenvalue weighted by Crippen LogP contribution is 2.45. The third-order valence-corrected chi connectivity index (χ3v) is 18.3. The molecule has 0 amide bonds. The lowest BCUT2D eigenvalue weighted by Crippen LogP contribution is -2.30. The molecule has 0 bridgehead atoms. The average molecular weight is 1310 g/mol. The number of esters is 4. The second kappa shape index (κ2) is 64.8. The minimum Gasteiger partial charge on any atom is -0.462 e. The van der Waals surface area contributed by atoms with E-state index in [0.29, 0.717) is 25.7 Å². The van der Waals surface area contributed by atoms with Crippen LogP contribution in [0.4, 0.5) is 0 Å². The molecule has 89 heavy (non-hydrogen) atoms. The zero-order valence-electron chi connectivity index (χ0n) is 57.4. The zero-order valence-corrected chi connectivity index (χ0v) is 59.2. The van der Waals surface area contributed by atoms with Crippen LogP contribution in [0, 0.1) is 0 Å². The van der Waals surface area contributed by atoms with E-state index in [1.807, 2.05) is 0 Å². The van der Waals surface area contributed by atoms with E-state index in [2.05, 4.69) is 27.7 Å². The van der Waals surface area contributed by atoms with Gasteiger partial charge < -0.3 is 33.8 Å². The molecular weight excluding hydrogens is 1170 g/mol. The summed E-state index contributed by atoms with van der Waals surface area (Å²) in [6.07, 6.45) is 52.6. The lowest BCUT2D eigenvalue weighted by atomic mass is 10.0. The Kier molecular flexibility index (Phi) is 63.3. The fourth-order valence-electron chi connectivity index (χ4n) is 10.7. The molecule has 0 fully saturated rings. The Morgan fingerprint density at radius 1 is 0.270 bits per heavy atom. The summed E-state index contributed by atoms with van der Waals surface area (Å²) in [6.45, 7) is 4.93. The Bertz CT molecular complexity index is 1710. The van der Waals surface area contributed by atoms with Crippen LogP contribution in [0.2, 0.25) is 0 Å². The Morgan fingerprint density at radius 2 is 0.449 bits per heavy atom. The van der Waals surface area contributed by atoms with Gasteiger partial charge in [-0.1, -0.05) is 317 Å². The fourth-order valence-corrected chi connectivity index (χ4v) is 12.3. The van der Waals surface area contributed by atoms with E-state index in [1.54, 1.807) is 0 Å². The summed E-state index contributed by atoms with van der Waals surface area (Å²) in [4.78, 5) is 72.5. The lowest BCUT2D eigenvalue weighted by Gasteiger charge is -2.21. The summed E-state index contributed by atoms with van der Waals surface area (Å²) in [5, 5.41) is 10.6. The predicted molar refractivity (Wildman–Crippen MR) is 359 cm³/mol. The van der Waals surface area contributed by atoms with Gasteiger partial charge in [0, 0.05) is 25.7 Å². The van der Waals surface area contributed by atoms with Gasteiger partial charge >= 0.3 is 39.5 Å². The van der Waals surface area contributed by atoms with Gasteiger partial charge in [-0.2, -0.15) is 0 Å². The second-order valence-electron chi connectivity index (χ2n) is 25.3. The highest BCUT2D eigenvalue weighted by Gasteiger charge is 2.30. The maximum atomic E-state index is 13.0. The van der Waals surface area contributed by atoms with Gasteiger partial charge in [-0.15, -0.1) is 0 Å². The van der Waals surface area contributed by atoms with Crippen LogP contribution in [0.3, 0.4) is 0 Å². The van der Waals surface area contributed by atoms with Crippen molar-refractivity contribution in [3.8, 4) is 0 Å². The maximum Gasteiger partial charge on any atom is 0.472 e. The Morgan fingerprint density at radius 3 is 0.663 bits per heavy atom. The van der Waals surface area contributed by atoms with Crippen LogP contribution in [0.1, 0.15) is 368 Å². The smallest absolute Gasteiger partial charge is 0.462 e. The zero-order chi connectivity index (χ0) is 65.4. The summed E-state index contributed by atoms with van der Waals surface area (Å²) in [5.41, 5.74) is 0. The number of aliphatic hydroxyl groups is 1. The van der Waals surface area contributed by atoms with Crippen molar-refractivity contribution in [1.82, 2.24) is 0 Å². The molecule has 5 atom stereocenters. The van der Waals surface area contributed by atoms with Gasteiger partial charge in [0.05, 0.1) is 26.4 Å². The topological polar surface area (TPSA) is 237 Å². The number of unbranched alkanes of at least 4 members (excludes halogenated alkanes) is 45. The SMILES string of the molecule is CCCCCCCCCCCCCCCCCC(=O)O[C@H](COC(=O)CCCCCCCCCCCCCCC)COP(=O)(O)OC[C@@H](O)COP(=O)(O)OC[C@@H](COC(=O)CCCCCCCCCC)OC(=O)CCCCCCCCCCCCCCC. The van der Waals surface area contributed by atoms with Crippen LogP contribution < -0.4 is 0 Å². The van der Waals surface area contributed by atoms with Crippen molar-refractivity contribution in [2.24, 2.45) is 0 Å². The number of hydrogen-bond acceptors (Lipinski definition) is 15. The van der Waals surface area contributed by atoms with E-state index >= 15 is 0 Å². The molecule has 17 nitrogen and oxygen atoms in total. The number of aliphatic hydroxyl groups excluding tert-OH is 1. The molecule has 0 aromatic rings. The van der Waals surface area contributed by atoms with Gasteiger partial charge in [-0.05, 0) is 25.7 Å². The highest BCUT2D eigenvalue weighted by molar-refractivity contribution is 7.47. The number of ether oxygens (including phenoxy) is 4. The number of carbonyl (C=O) groups excluding carboxylic acids is 4. The third kappa shape index (κ3) is 64.6. The van der Waals surface area contributed by atoms with Crippen molar-refractivity contribution in [3.63, 3.8) is 0 Å². The molecule has 528 valence electrons. The lowest BCUT2D eigenvalue weighted by molar-refractivity contribution is -0.161. The molecule has 2 unspecified atom stereocenters. The van der Waals surface area contributed by atoms with Crippen LogP contribution >= 0.6 is 15.6 Å². The molecule has 19 heteroatoms.